The van der Waals surface area contributed by atoms with Gasteiger partial charge in [0, 0.05) is 51.0 Å². The molecule has 2 heterocycles. The third kappa shape index (κ3) is 5.44. The summed E-state index contributed by atoms with van der Waals surface area (Å²) in [5.74, 6) is 0.239. The van der Waals surface area contributed by atoms with Gasteiger partial charge in [-0.25, -0.2) is 0 Å². The molecular formula is C16H25N3O2. The molecule has 1 saturated heterocycles. The highest BCUT2D eigenvalue weighted by molar-refractivity contribution is 5.76. The predicted octanol–water partition coefficient (Wildman–Crippen LogP) is 0.929. The Balaban J connectivity index is 1.65. The Morgan fingerprint density at radius 2 is 2.10 bits per heavy atom. The highest BCUT2D eigenvalue weighted by atomic mass is 16.3. The molecule has 0 aromatic carbocycles. The van der Waals surface area contributed by atoms with Crippen LogP contribution < -0.4 is 0 Å². The zero-order valence-corrected chi connectivity index (χ0v) is 12.7. The number of carbonyl (C=O) groups excluding carboxylic acids is 1. The average molecular weight is 291 g/mol. The van der Waals surface area contributed by atoms with E-state index in [1.165, 1.54) is 0 Å². The largest absolute Gasteiger partial charge is 0.392 e. The Kier molecular flexibility index (Phi) is 6.14. The van der Waals surface area contributed by atoms with Crippen molar-refractivity contribution < 1.29 is 9.90 Å². The summed E-state index contributed by atoms with van der Waals surface area (Å²) in [6.45, 7) is 5.76. The summed E-state index contributed by atoms with van der Waals surface area (Å²) in [5.41, 5.74) is 1.05. The molecule has 0 spiro atoms. The van der Waals surface area contributed by atoms with E-state index in [-0.39, 0.29) is 12.0 Å². The van der Waals surface area contributed by atoms with E-state index in [0.717, 1.165) is 44.7 Å². The van der Waals surface area contributed by atoms with Crippen molar-refractivity contribution in [3.63, 3.8) is 0 Å². The van der Waals surface area contributed by atoms with Crippen LogP contribution >= 0.6 is 0 Å². The minimum Gasteiger partial charge on any atom is -0.392 e. The second kappa shape index (κ2) is 8.10. The van der Waals surface area contributed by atoms with E-state index in [4.69, 9.17) is 0 Å². The SMILES string of the molecule is C[C@H](O)CN1CCN(C(=O)CCCc2ccccn2)CC1. The third-order valence-corrected chi connectivity index (χ3v) is 3.80. The first kappa shape index (κ1) is 15.9. The summed E-state index contributed by atoms with van der Waals surface area (Å²) in [4.78, 5) is 20.6. The summed E-state index contributed by atoms with van der Waals surface area (Å²) in [5, 5.41) is 9.38. The molecular weight excluding hydrogens is 266 g/mol. The first-order valence-corrected chi connectivity index (χ1v) is 7.73. The van der Waals surface area contributed by atoms with Gasteiger partial charge in [-0.1, -0.05) is 6.07 Å². The van der Waals surface area contributed by atoms with E-state index in [1.807, 2.05) is 23.1 Å². The molecule has 1 fully saturated rings. The molecule has 1 aromatic heterocycles. The molecule has 1 aliphatic heterocycles. The zero-order valence-electron chi connectivity index (χ0n) is 12.7. The number of piperazine rings is 1. The molecule has 0 unspecified atom stereocenters. The number of rotatable bonds is 6. The number of amides is 1. The van der Waals surface area contributed by atoms with Crippen molar-refractivity contribution in [2.24, 2.45) is 0 Å². The number of β-amino-alcohol motifs (C(OH)–C–C–N with tert-alkyl or cyclic N) is 1. The Hall–Kier alpha value is -1.46. The first-order valence-electron chi connectivity index (χ1n) is 7.73. The molecule has 1 amide bonds. The summed E-state index contributed by atoms with van der Waals surface area (Å²) in [7, 11) is 0. The number of hydrogen-bond donors (Lipinski definition) is 1. The second-order valence-corrected chi connectivity index (χ2v) is 5.71. The van der Waals surface area contributed by atoms with Crippen LogP contribution in [0.2, 0.25) is 0 Å². The molecule has 21 heavy (non-hydrogen) atoms. The highest BCUT2D eigenvalue weighted by Gasteiger charge is 2.21. The van der Waals surface area contributed by atoms with Crippen LogP contribution in [0.1, 0.15) is 25.5 Å². The van der Waals surface area contributed by atoms with E-state index in [2.05, 4.69) is 9.88 Å². The lowest BCUT2D eigenvalue weighted by molar-refractivity contribution is -0.133. The molecule has 1 aromatic rings. The van der Waals surface area contributed by atoms with E-state index in [9.17, 15) is 9.90 Å². The van der Waals surface area contributed by atoms with Gasteiger partial charge in [0.25, 0.3) is 0 Å². The topological polar surface area (TPSA) is 56.7 Å². The van der Waals surface area contributed by atoms with E-state index >= 15 is 0 Å². The molecule has 0 aliphatic carbocycles. The normalized spacial score (nSPS) is 17.7. The quantitative estimate of drug-likeness (QED) is 0.847. The van der Waals surface area contributed by atoms with E-state index in [0.29, 0.717) is 13.0 Å². The predicted molar refractivity (Wildman–Crippen MR) is 81.9 cm³/mol. The number of aromatic nitrogens is 1. The number of nitrogens with zero attached hydrogens (tertiary/aromatic N) is 3. The number of aliphatic hydroxyl groups excluding tert-OH is 1. The summed E-state index contributed by atoms with van der Waals surface area (Å²) in [6, 6.07) is 5.88. The lowest BCUT2D eigenvalue weighted by atomic mass is 10.1. The second-order valence-electron chi connectivity index (χ2n) is 5.71. The molecule has 1 atom stereocenters. The Morgan fingerprint density at radius 3 is 2.71 bits per heavy atom. The minimum atomic E-state index is -0.300. The molecule has 5 nitrogen and oxygen atoms in total. The zero-order chi connectivity index (χ0) is 15.1. The van der Waals surface area contributed by atoms with Gasteiger partial charge in [-0.05, 0) is 31.9 Å². The van der Waals surface area contributed by atoms with E-state index in [1.54, 1.807) is 13.1 Å². The lowest BCUT2D eigenvalue weighted by Crippen LogP contribution is -2.50. The van der Waals surface area contributed by atoms with Crippen LogP contribution in [0.3, 0.4) is 0 Å². The van der Waals surface area contributed by atoms with Crippen molar-refractivity contribution in [2.75, 3.05) is 32.7 Å². The molecule has 116 valence electrons. The molecule has 5 heteroatoms. The van der Waals surface area contributed by atoms with Gasteiger partial charge in [0.05, 0.1) is 6.10 Å². The molecule has 0 saturated carbocycles. The number of pyridine rings is 1. The fourth-order valence-corrected chi connectivity index (χ4v) is 2.68. The molecule has 0 bridgehead atoms. The molecule has 1 aliphatic rings. The van der Waals surface area contributed by atoms with Gasteiger partial charge in [-0.2, -0.15) is 0 Å². The maximum absolute atomic E-state index is 12.2. The Morgan fingerprint density at radius 1 is 1.33 bits per heavy atom. The Labute approximate surface area is 126 Å². The summed E-state index contributed by atoms with van der Waals surface area (Å²) < 4.78 is 0. The maximum Gasteiger partial charge on any atom is 0.222 e. The number of carbonyl (C=O) groups is 1. The van der Waals surface area contributed by atoms with Crippen LogP contribution in [-0.2, 0) is 11.2 Å². The standard InChI is InChI=1S/C16H25N3O2/c1-14(20)13-18-9-11-19(12-10-18)16(21)7-4-6-15-5-2-3-8-17-15/h2-3,5,8,14,20H,4,6-7,9-13H2,1H3/t14-/m0/s1. The van der Waals surface area contributed by atoms with Crippen LogP contribution in [0.15, 0.2) is 24.4 Å². The summed E-state index contributed by atoms with van der Waals surface area (Å²) >= 11 is 0. The van der Waals surface area contributed by atoms with Crippen molar-refractivity contribution in [3.05, 3.63) is 30.1 Å². The summed E-state index contributed by atoms with van der Waals surface area (Å²) in [6.07, 6.45) is 3.79. The van der Waals surface area contributed by atoms with Crippen molar-refractivity contribution >= 4 is 5.91 Å². The van der Waals surface area contributed by atoms with Crippen LogP contribution in [0.5, 0.6) is 0 Å². The van der Waals surface area contributed by atoms with Crippen molar-refractivity contribution in [1.29, 1.82) is 0 Å². The van der Waals surface area contributed by atoms with Gasteiger partial charge in [-0.15, -0.1) is 0 Å². The molecule has 1 N–H and O–H groups in total. The van der Waals surface area contributed by atoms with Gasteiger partial charge in [-0.3, -0.25) is 14.7 Å². The molecule has 2 rings (SSSR count). The lowest BCUT2D eigenvalue weighted by Gasteiger charge is -2.35. The van der Waals surface area contributed by atoms with Crippen molar-refractivity contribution in [2.45, 2.75) is 32.3 Å². The monoisotopic (exact) mass is 291 g/mol. The van der Waals surface area contributed by atoms with Gasteiger partial charge >= 0.3 is 0 Å². The fraction of sp³-hybridized carbons (Fsp3) is 0.625. The first-order chi connectivity index (χ1) is 10.1. The third-order valence-electron chi connectivity index (χ3n) is 3.80. The number of aryl methyl sites for hydroxylation is 1. The molecule has 0 radical (unpaired) electrons. The van der Waals surface area contributed by atoms with Crippen LogP contribution in [0.25, 0.3) is 0 Å². The van der Waals surface area contributed by atoms with Gasteiger partial charge in [0.15, 0.2) is 0 Å². The van der Waals surface area contributed by atoms with Crippen LogP contribution in [-0.4, -0.2) is 64.6 Å². The Bertz CT molecular complexity index is 428. The number of hydrogen-bond acceptors (Lipinski definition) is 4. The highest BCUT2D eigenvalue weighted by Crippen LogP contribution is 2.08. The van der Waals surface area contributed by atoms with Gasteiger partial charge in [0.2, 0.25) is 5.91 Å². The number of aliphatic hydroxyl groups is 1. The van der Waals surface area contributed by atoms with Crippen LogP contribution in [0.4, 0.5) is 0 Å². The minimum absolute atomic E-state index is 0.239. The van der Waals surface area contributed by atoms with Crippen LogP contribution in [0, 0.1) is 0 Å². The fourth-order valence-electron chi connectivity index (χ4n) is 2.68. The van der Waals surface area contributed by atoms with Gasteiger partial charge in [0.1, 0.15) is 0 Å². The van der Waals surface area contributed by atoms with Gasteiger partial charge < -0.3 is 10.0 Å². The maximum atomic E-state index is 12.2. The van der Waals surface area contributed by atoms with E-state index < -0.39 is 0 Å². The average Bonchev–Trinajstić information content (AvgIpc) is 2.48. The smallest absolute Gasteiger partial charge is 0.222 e. The van der Waals surface area contributed by atoms with Crippen molar-refractivity contribution in [3.8, 4) is 0 Å². The van der Waals surface area contributed by atoms with Crippen molar-refractivity contribution in [1.82, 2.24) is 14.8 Å².